The number of nitrogens with one attached hydrogen (secondary N) is 1. The second-order valence-electron chi connectivity index (χ2n) is 9.63. The van der Waals surface area contributed by atoms with E-state index in [0.29, 0.717) is 18.8 Å². The molecule has 5 rings (SSSR count). The number of nitrogens with zero attached hydrogens (tertiary/aromatic N) is 4. The predicted octanol–water partition coefficient (Wildman–Crippen LogP) is 1.32. The fraction of sp³-hybridized carbons (Fsp3) is 0.609. The van der Waals surface area contributed by atoms with Crippen LogP contribution in [0.15, 0.2) is 18.2 Å². The zero-order chi connectivity index (χ0) is 23.3. The highest BCUT2D eigenvalue weighted by molar-refractivity contribution is 7.80. The van der Waals surface area contributed by atoms with Gasteiger partial charge in [0.15, 0.2) is 0 Å². The smallest absolute Gasteiger partial charge is 0.240 e. The zero-order valence-electron chi connectivity index (χ0n) is 18.6. The summed E-state index contributed by atoms with van der Waals surface area (Å²) in [6.07, 6.45) is 4.05. The van der Waals surface area contributed by atoms with Crippen LogP contribution in [0.4, 0.5) is 5.69 Å². The molecule has 2 bridgehead atoms. The van der Waals surface area contributed by atoms with E-state index in [9.17, 15) is 23.6 Å². The molecule has 4 aliphatic rings. The summed E-state index contributed by atoms with van der Waals surface area (Å²) in [5, 5.41) is 9.29. The summed E-state index contributed by atoms with van der Waals surface area (Å²) in [4.78, 5) is 32.1. The fourth-order valence-electron chi connectivity index (χ4n) is 6.22. The molecule has 1 N–H and O–H groups in total. The summed E-state index contributed by atoms with van der Waals surface area (Å²) in [6.45, 7) is 3.84. The van der Waals surface area contributed by atoms with Gasteiger partial charge in [-0.05, 0) is 55.4 Å². The minimum Gasteiger partial charge on any atom is -0.755 e. The normalized spacial score (nSPS) is 30.4. The van der Waals surface area contributed by atoms with Crippen LogP contribution < -0.4 is 4.72 Å². The van der Waals surface area contributed by atoms with Gasteiger partial charge in [0, 0.05) is 48.5 Å². The first-order valence-corrected chi connectivity index (χ1v) is 12.7. The van der Waals surface area contributed by atoms with Crippen LogP contribution in [0.3, 0.4) is 0 Å². The maximum absolute atomic E-state index is 13.3. The van der Waals surface area contributed by atoms with Gasteiger partial charge in [0.25, 0.3) is 0 Å². The van der Waals surface area contributed by atoms with E-state index in [1.54, 1.807) is 11.0 Å². The Morgan fingerprint density at radius 2 is 2.18 bits per heavy atom. The molecule has 176 valence electrons. The Labute approximate surface area is 196 Å². The van der Waals surface area contributed by atoms with Crippen LogP contribution in [0.2, 0.25) is 0 Å². The fourth-order valence-corrected chi connectivity index (χ4v) is 6.54. The summed E-state index contributed by atoms with van der Waals surface area (Å²) < 4.78 is 24.2. The van der Waals surface area contributed by atoms with Crippen LogP contribution in [0.25, 0.3) is 0 Å². The number of amides is 2. The number of piperazine rings is 1. The highest BCUT2D eigenvalue weighted by atomic mass is 32.2. The third-order valence-electron chi connectivity index (χ3n) is 7.66. The molecule has 3 fully saturated rings. The van der Waals surface area contributed by atoms with E-state index in [1.165, 1.54) is 0 Å². The molecule has 3 aliphatic heterocycles. The van der Waals surface area contributed by atoms with Gasteiger partial charge in [-0.25, -0.2) is 0 Å². The number of nitriles is 1. The number of carbonyl (C=O) groups is 2. The van der Waals surface area contributed by atoms with Crippen molar-refractivity contribution in [2.24, 2.45) is 5.92 Å². The third kappa shape index (κ3) is 3.92. The number of rotatable bonds is 6. The van der Waals surface area contributed by atoms with Crippen LogP contribution in [0, 0.1) is 17.2 Å². The van der Waals surface area contributed by atoms with Gasteiger partial charge >= 0.3 is 0 Å². The summed E-state index contributed by atoms with van der Waals surface area (Å²) in [7, 11) is 0. The van der Waals surface area contributed by atoms with Crippen LogP contribution in [-0.2, 0) is 27.3 Å². The molecule has 33 heavy (non-hydrogen) atoms. The van der Waals surface area contributed by atoms with E-state index in [2.05, 4.69) is 15.7 Å². The molecule has 6 atom stereocenters. The Balaban J connectivity index is 1.24. The molecule has 3 heterocycles. The number of hydrogen-bond acceptors (Lipinski definition) is 6. The molecule has 0 spiro atoms. The minimum atomic E-state index is -2.36. The van der Waals surface area contributed by atoms with Crippen molar-refractivity contribution in [2.45, 2.75) is 63.2 Å². The predicted molar refractivity (Wildman–Crippen MR) is 120 cm³/mol. The van der Waals surface area contributed by atoms with Gasteiger partial charge in [-0.1, -0.05) is 13.0 Å². The van der Waals surface area contributed by atoms with E-state index in [1.807, 2.05) is 24.0 Å². The molecule has 1 aliphatic carbocycles. The van der Waals surface area contributed by atoms with Crippen molar-refractivity contribution in [1.29, 1.82) is 5.26 Å². The van der Waals surface area contributed by atoms with Gasteiger partial charge in [-0.2, -0.15) is 5.26 Å². The first-order valence-electron chi connectivity index (χ1n) is 11.6. The van der Waals surface area contributed by atoms with Gasteiger partial charge in [0.1, 0.15) is 6.04 Å². The van der Waals surface area contributed by atoms with Crippen LogP contribution in [0.1, 0.15) is 49.8 Å². The summed E-state index contributed by atoms with van der Waals surface area (Å²) in [5.41, 5.74) is 2.73. The molecular formula is C23H28N5O4S-. The van der Waals surface area contributed by atoms with Crippen LogP contribution >= 0.6 is 0 Å². The first kappa shape index (κ1) is 22.3. The van der Waals surface area contributed by atoms with Crippen molar-refractivity contribution in [3.63, 3.8) is 0 Å². The van der Waals surface area contributed by atoms with E-state index in [4.69, 9.17) is 0 Å². The Morgan fingerprint density at radius 1 is 1.36 bits per heavy atom. The van der Waals surface area contributed by atoms with Crippen LogP contribution in [0.5, 0.6) is 0 Å². The monoisotopic (exact) mass is 470 g/mol. The average Bonchev–Trinajstić information content (AvgIpc) is 3.55. The number of anilines is 1. The number of benzene rings is 1. The number of fused-ring (bicyclic) bond motifs is 3. The van der Waals surface area contributed by atoms with Gasteiger partial charge in [-0.15, -0.1) is 0 Å². The molecule has 9 nitrogen and oxygen atoms in total. The lowest BCUT2D eigenvalue weighted by atomic mass is 10.0. The van der Waals surface area contributed by atoms with E-state index in [-0.39, 0.29) is 41.9 Å². The number of carbonyl (C=O) groups excluding carboxylic acids is 2. The van der Waals surface area contributed by atoms with Gasteiger partial charge in [0.2, 0.25) is 11.8 Å². The lowest BCUT2D eigenvalue weighted by Gasteiger charge is -2.38. The Kier molecular flexibility index (Phi) is 5.89. The average molecular weight is 471 g/mol. The summed E-state index contributed by atoms with van der Waals surface area (Å²) in [5.74, 6) is -0.105. The maximum atomic E-state index is 13.3. The highest BCUT2D eigenvalue weighted by Crippen LogP contribution is 2.44. The molecule has 1 unspecified atom stereocenters. The Morgan fingerprint density at radius 3 is 2.91 bits per heavy atom. The maximum Gasteiger partial charge on any atom is 0.240 e. The molecule has 3 saturated heterocycles. The van der Waals surface area contributed by atoms with E-state index in [0.717, 1.165) is 49.8 Å². The topological polar surface area (TPSA) is 120 Å². The number of aryl methyl sites for hydroxylation is 1. The summed E-state index contributed by atoms with van der Waals surface area (Å²) in [6, 6.07) is 7.41. The van der Waals surface area contributed by atoms with Gasteiger partial charge in [0.05, 0.1) is 18.2 Å². The molecule has 0 saturated carbocycles. The number of hydrogen-bond donors (Lipinski definition) is 1. The second-order valence-corrected chi connectivity index (χ2v) is 10.3. The van der Waals surface area contributed by atoms with E-state index >= 15 is 0 Å². The molecule has 1 aromatic rings. The highest BCUT2D eigenvalue weighted by Gasteiger charge is 2.53. The largest absolute Gasteiger partial charge is 0.755 e. The zero-order valence-corrected chi connectivity index (χ0v) is 19.4. The number of likely N-dealkylation sites (tertiary alicyclic amines) is 3. The third-order valence-corrected chi connectivity index (χ3v) is 8.06. The molecule has 1 aromatic carbocycles. The Hall–Kier alpha value is -2.48. The van der Waals surface area contributed by atoms with Crippen molar-refractivity contribution >= 4 is 28.8 Å². The first-order chi connectivity index (χ1) is 15.9. The van der Waals surface area contributed by atoms with E-state index < -0.39 is 11.3 Å². The second kappa shape index (κ2) is 8.70. The SMILES string of the molecule is C[C@@H](CN1C[C@@H]2C[C@H]1C(=O)N2[C@@H]1CCc2cc(NS(=O)[O-])ccc21)C(=O)N1CCC[C@H]1C#N. The van der Waals surface area contributed by atoms with Crippen LogP contribution in [-0.4, -0.2) is 73.0 Å². The van der Waals surface area contributed by atoms with Crippen molar-refractivity contribution in [3.05, 3.63) is 29.3 Å². The quantitative estimate of drug-likeness (QED) is 0.626. The van der Waals surface area contributed by atoms with Crippen molar-refractivity contribution < 1.29 is 18.4 Å². The Bertz CT molecular complexity index is 1040. The summed E-state index contributed by atoms with van der Waals surface area (Å²) >= 11 is -2.36. The lowest BCUT2D eigenvalue weighted by molar-refractivity contribution is -0.142. The van der Waals surface area contributed by atoms with Crippen molar-refractivity contribution in [1.82, 2.24) is 14.7 Å². The molecule has 0 aromatic heterocycles. The van der Waals surface area contributed by atoms with Gasteiger partial charge < -0.3 is 19.1 Å². The lowest BCUT2D eigenvalue weighted by Crippen LogP contribution is -2.53. The van der Waals surface area contributed by atoms with Gasteiger partial charge in [-0.3, -0.25) is 18.7 Å². The van der Waals surface area contributed by atoms with Crippen molar-refractivity contribution in [2.75, 3.05) is 24.4 Å². The van der Waals surface area contributed by atoms with Crippen molar-refractivity contribution in [3.8, 4) is 6.07 Å². The molecule has 10 heteroatoms. The minimum absolute atomic E-state index is 0.0132. The molecule has 2 amide bonds. The molecule has 0 radical (unpaired) electrons. The standard InChI is InChI=1S/C23H29N5O4S/c1-14(22(29)27-8-2-3-17(27)11-24)12-26-13-18-10-21(26)23(30)28(18)20-7-4-15-9-16(25-33(31)32)5-6-19(15)20/h5-6,9,14,17-18,20-21,25H,2-4,7-8,10,12-13H2,1H3,(H,31,32)/p-1/t14-,17-,18-,20+,21-/m0/s1. The molecular weight excluding hydrogens is 442 g/mol.